The Morgan fingerprint density at radius 1 is 1.00 bits per heavy atom. The monoisotopic (exact) mass is 367 g/mol. The molecule has 0 atom stereocenters. The molecule has 4 N–H and O–H groups in total. The zero-order valence-electron chi connectivity index (χ0n) is 16.2. The Kier molecular flexibility index (Phi) is 9.12. The van der Waals surface area contributed by atoms with E-state index >= 15 is 0 Å². The second kappa shape index (κ2) is 10.8. The molecule has 0 unspecified atom stereocenters. The molecule has 0 spiro atoms. The summed E-state index contributed by atoms with van der Waals surface area (Å²) in [6.45, 7) is 5.82. The van der Waals surface area contributed by atoms with Gasteiger partial charge in [0.2, 0.25) is 5.95 Å². The molecule has 0 aliphatic carbocycles. The van der Waals surface area contributed by atoms with Crippen molar-refractivity contribution in [2.45, 2.75) is 71.8 Å². The number of rotatable bonds is 11. The van der Waals surface area contributed by atoms with Gasteiger partial charge in [-0.2, -0.15) is 4.98 Å². The van der Waals surface area contributed by atoms with Crippen LogP contribution in [0.25, 0.3) is 11.2 Å². The largest absolute Gasteiger partial charge is 0.412 e. The van der Waals surface area contributed by atoms with Gasteiger partial charge in [0.1, 0.15) is 0 Å². The average molecular weight is 367 g/mol. The number of anilines is 1. The highest BCUT2D eigenvalue weighted by Crippen LogP contribution is 2.17. The van der Waals surface area contributed by atoms with Gasteiger partial charge >= 0.3 is 5.69 Å². The second-order valence-corrected chi connectivity index (χ2v) is 6.63. The van der Waals surface area contributed by atoms with Crippen LogP contribution in [0.4, 0.5) is 5.95 Å². The molecule has 2 rings (SSSR count). The van der Waals surface area contributed by atoms with Gasteiger partial charge in [-0.15, -0.1) is 0 Å². The summed E-state index contributed by atoms with van der Waals surface area (Å²) >= 11 is 0. The maximum atomic E-state index is 12.3. The highest BCUT2D eigenvalue weighted by atomic mass is 16.2. The quantitative estimate of drug-likeness (QED) is 0.592. The van der Waals surface area contributed by atoms with E-state index in [-0.39, 0.29) is 11.0 Å². The lowest BCUT2D eigenvalue weighted by Gasteiger charge is -2.09. The summed E-state index contributed by atoms with van der Waals surface area (Å²) in [5.41, 5.74) is 0.125. The van der Waals surface area contributed by atoms with Crippen molar-refractivity contribution in [2.24, 2.45) is 7.05 Å². The number of fused-ring (bicyclic) bond motifs is 1. The number of aromatic amines is 1. The first-order chi connectivity index (χ1) is 12.1. The third kappa shape index (κ3) is 5.20. The zero-order valence-corrected chi connectivity index (χ0v) is 16.2. The molecule has 0 saturated heterocycles. The van der Waals surface area contributed by atoms with Crippen LogP contribution in [0.1, 0.15) is 65.2 Å². The van der Waals surface area contributed by atoms with Crippen LogP contribution in [0.15, 0.2) is 9.59 Å². The summed E-state index contributed by atoms with van der Waals surface area (Å²) in [6, 6.07) is 0. The van der Waals surface area contributed by atoms with Crippen molar-refractivity contribution >= 4 is 17.1 Å². The molecule has 0 aliphatic rings. The molecule has 0 radical (unpaired) electrons. The number of nitrogens with zero attached hydrogens (tertiary/aromatic N) is 3. The Morgan fingerprint density at radius 3 is 2.31 bits per heavy atom. The molecule has 148 valence electrons. The van der Waals surface area contributed by atoms with Crippen LogP contribution >= 0.6 is 0 Å². The Morgan fingerprint density at radius 2 is 1.65 bits per heavy atom. The number of hydrogen-bond donors (Lipinski definition) is 2. The number of unbranched alkanes of at least 4 members (excludes halogenated alkanes) is 6. The van der Waals surface area contributed by atoms with Crippen LogP contribution in [-0.4, -0.2) is 31.1 Å². The third-order valence-corrected chi connectivity index (χ3v) is 4.53. The minimum Gasteiger partial charge on any atom is -0.412 e. The van der Waals surface area contributed by atoms with E-state index in [4.69, 9.17) is 0 Å². The number of imidazole rings is 1. The number of H-pyrrole nitrogens is 1. The van der Waals surface area contributed by atoms with Gasteiger partial charge in [-0.25, -0.2) is 4.79 Å². The van der Waals surface area contributed by atoms with Crippen molar-refractivity contribution in [1.29, 1.82) is 0 Å². The molecule has 0 fully saturated rings. The molecular formula is C18H33N5O3. The summed E-state index contributed by atoms with van der Waals surface area (Å²) in [6.07, 6.45) is 9.47. The van der Waals surface area contributed by atoms with Crippen LogP contribution in [0.5, 0.6) is 0 Å². The maximum Gasteiger partial charge on any atom is 0.329 e. The molecule has 0 saturated carbocycles. The summed E-state index contributed by atoms with van der Waals surface area (Å²) < 4.78 is 3.32. The lowest BCUT2D eigenvalue weighted by molar-refractivity contribution is 0.556. The number of nitrogens with one attached hydrogen (secondary N) is 2. The Balaban J connectivity index is 0.00000338. The molecule has 0 aromatic carbocycles. The molecule has 8 heteroatoms. The van der Waals surface area contributed by atoms with Crippen LogP contribution in [0.2, 0.25) is 0 Å². The van der Waals surface area contributed by atoms with Crippen molar-refractivity contribution in [2.75, 3.05) is 11.9 Å². The van der Waals surface area contributed by atoms with E-state index in [1.165, 1.54) is 36.7 Å². The van der Waals surface area contributed by atoms with E-state index in [2.05, 4.69) is 29.1 Å². The van der Waals surface area contributed by atoms with E-state index in [9.17, 15) is 9.59 Å². The zero-order chi connectivity index (χ0) is 18.2. The van der Waals surface area contributed by atoms with Gasteiger partial charge in [0.25, 0.3) is 5.56 Å². The molecule has 0 amide bonds. The standard InChI is InChI=1S/C18H31N5O2.H2O/c1-4-6-7-8-9-10-11-13-23-14-15(20-17(23)19-12-5-2)22(3)18(25)21-16(14)24;/h4-13H2,1-3H3,(H,19,20)(H,21,24,25);1H2. The predicted octanol–water partition coefficient (Wildman–Crippen LogP) is 2.17. The topological polar surface area (TPSA) is 116 Å². The van der Waals surface area contributed by atoms with Crippen LogP contribution in [0, 0.1) is 0 Å². The summed E-state index contributed by atoms with van der Waals surface area (Å²) in [7, 11) is 1.63. The van der Waals surface area contributed by atoms with E-state index < -0.39 is 5.69 Å². The third-order valence-electron chi connectivity index (χ3n) is 4.53. The fourth-order valence-electron chi connectivity index (χ4n) is 3.05. The summed E-state index contributed by atoms with van der Waals surface area (Å²) in [4.78, 5) is 31.0. The Hall–Kier alpha value is -2.09. The Bertz CT molecular complexity index is 790. The molecule has 0 bridgehead atoms. The molecule has 0 aliphatic heterocycles. The average Bonchev–Trinajstić information content (AvgIpc) is 2.96. The number of aromatic nitrogens is 4. The molecule has 2 aromatic rings. The predicted molar refractivity (Wildman–Crippen MR) is 106 cm³/mol. The van der Waals surface area contributed by atoms with Crippen molar-refractivity contribution in [3.8, 4) is 0 Å². The van der Waals surface area contributed by atoms with Gasteiger partial charge in [-0.1, -0.05) is 52.4 Å². The van der Waals surface area contributed by atoms with Crippen molar-refractivity contribution < 1.29 is 5.48 Å². The lowest BCUT2D eigenvalue weighted by Crippen LogP contribution is -2.29. The van der Waals surface area contributed by atoms with E-state index in [0.29, 0.717) is 17.1 Å². The van der Waals surface area contributed by atoms with Crippen LogP contribution < -0.4 is 16.6 Å². The maximum absolute atomic E-state index is 12.3. The first kappa shape index (κ1) is 22.0. The van der Waals surface area contributed by atoms with Gasteiger partial charge in [0.15, 0.2) is 11.2 Å². The van der Waals surface area contributed by atoms with Crippen LogP contribution in [0.3, 0.4) is 0 Å². The smallest absolute Gasteiger partial charge is 0.329 e. The molecule has 8 nitrogen and oxygen atoms in total. The Labute approximate surface area is 153 Å². The lowest BCUT2D eigenvalue weighted by atomic mass is 10.1. The number of aryl methyl sites for hydroxylation is 2. The minimum absolute atomic E-state index is 0. The normalized spacial score (nSPS) is 10.9. The highest BCUT2D eigenvalue weighted by molar-refractivity contribution is 5.74. The molecular weight excluding hydrogens is 334 g/mol. The van der Waals surface area contributed by atoms with Gasteiger partial charge in [-0.05, 0) is 12.8 Å². The van der Waals surface area contributed by atoms with E-state index in [1.54, 1.807) is 7.05 Å². The van der Waals surface area contributed by atoms with Gasteiger partial charge < -0.3 is 15.4 Å². The fourth-order valence-corrected chi connectivity index (χ4v) is 3.05. The van der Waals surface area contributed by atoms with Crippen molar-refractivity contribution in [1.82, 2.24) is 19.1 Å². The van der Waals surface area contributed by atoms with Gasteiger partial charge in [0, 0.05) is 20.1 Å². The summed E-state index contributed by atoms with van der Waals surface area (Å²) in [5.74, 6) is 0.675. The molecule has 2 aromatic heterocycles. The minimum atomic E-state index is -0.430. The SMILES string of the molecule is CCCCCCCCCn1c(NCCC)nc2c1c(=O)[nH]c(=O)n2C.O. The molecule has 26 heavy (non-hydrogen) atoms. The summed E-state index contributed by atoms with van der Waals surface area (Å²) in [5, 5.41) is 3.28. The van der Waals surface area contributed by atoms with Gasteiger partial charge in [-0.3, -0.25) is 14.3 Å². The van der Waals surface area contributed by atoms with Gasteiger partial charge in [0.05, 0.1) is 0 Å². The van der Waals surface area contributed by atoms with Crippen LogP contribution in [-0.2, 0) is 13.6 Å². The van der Waals surface area contributed by atoms with E-state index in [1.807, 2.05) is 4.57 Å². The molecule has 2 heterocycles. The first-order valence-electron chi connectivity index (χ1n) is 9.53. The highest BCUT2D eigenvalue weighted by Gasteiger charge is 2.16. The van der Waals surface area contributed by atoms with Crippen molar-refractivity contribution in [3.63, 3.8) is 0 Å². The first-order valence-corrected chi connectivity index (χ1v) is 9.53. The van der Waals surface area contributed by atoms with Crippen molar-refractivity contribution in [3.05, 3.63) is 20.8 Å². The fraction of sp³-hybridized carbons (Fsp3) is 0.722. The second-order valence-electron chi connectivity index (χ2n) is 6.63. The number of hydrogen-bond acceptors (Lipinski definition) is 4. The van der Waals surface area contributed by atoms with E-state index in [0.717, 1.165) is 32.4 Å².